The molecule has 2 aliphatic heterocycles. The van der Waals surface area contributed by atoms with Gasteiger partial charge < -0.3 is 39.5 Å². The highest BCUT2D eigenvalue weighted by Gasteiger charge is 2.45. The van der Waals surface area contributed by atoms with Gasteiger partial charge in [-0.3, -0.25) is 24.1 Å². The van der Waals surface area contributed by atoms with E-state index >= 15 is 0 Å². The lowest BCUT2D eigenvalue weighted by molar-refractivity contribution is -0.148. The number of carbonyl (C=O) groups is 4. The SMILES string of the molecule is CC[C@H](C)C(C(CC(=O)N1CCCC1C(OC)C(C)C(=O)N1CCCC1B(O)O)OC)N(C)C(=O)CNC(=O)C(C(C)C)N(C)C. The van der Waals surface area contributed by atoms with Crippen LogP contribution in [0, 0.1) is 17.8 Å². The van der Waals surface area contributed by atoms with Crippen LogP contribution in [0.3, 0.4) is 0 Å². The van der Waals surface area contributed by atoms with Crippen LogP contribution in [-0.4, -0.2) is 152 Å². The molecule has 4 amide bonds. The van der Waals surface area contributed by atoms with Crippen LogP contribution in [0.1, 0.15) is 73.1 Å². The average molecular weight is 654 g/mol. The maximum Gasteiger partial charge on any atom is 0.475 e. The molecule has 0 spiro atoms. The Morgan fingerprint density at radius 2 is 1.57 bits per heavy atom. The fourth-order valence-electron chi connectivity index (χ4n) is 7.48. The number of carbonyl (C=O) groups excluding carboxylic acids is 4. The molecule has 3 N–H and O–H groups in total. The van der Waals surface area contributed by atoms with Gasteiger partial charge >= 0.3 is 7.12 Å². The van der Waals surface area contributed by atoms with Gasteiger partial charge in [0.05, 0.1) is 55.2 Å². The fourth-order valence-corrected chi connectivity index (χ4v) is 7.48. The van der Waals surface area contributed by atoms with Crippen LogP contribution < -0.4 is 5.32 Å². The van der Waals surface area contributed by atoms with Crippen molar-refractivity contribution in [3.8, 4) is 0 Å². The van der Waals surface area contributed by atoms with Gasteiger partial charge in [0.15, 0.2) is 0 Å². The Kier molecular flexibility index (Phi) is 15.9. The molecule has 13 nitrogen and oxygen atoms in total. The van der Waals surface area contributed by atoms with Gasteiger partial charge in [-0.25, -0.2) is 0 Å². The van der Waals surface area contributed by atoms with Crippen LogP contribution in [0.2, 0.25) is 0 Å². The third kappa shape index (κ3) is 9.65. The molecule has 0 aliphatic carbocycles. The summed E-state index contributed by atoms with van der Waals surface area (Å²) in [4.78, 5) is 60.4. The Labute approximate surface area is 276 Å². The van der Waals surface area contributed by atoms with Crippen molar-refractivity contribution in [1.82, 2.24) is 24.9 Å². The minimum absolute atomic E-state index is 0.00149. The Balaban J connectivity index is 2.18. The quantitative estimate of drug-likeness (QED) is 0.192. The summed E-state index contributed by atoms with van der Waals surface area (Å²) in [6, 6.07) is -1.13. The molecular weight excluding hydrogens is 593 g/mol. The van der Waals surface area contributed by atoms with Crippen molar-refractivity contribution in [3.05, 3.63) is 0 Å². The van der Waals surface area contributed by atoms with Crippen LogP contribution in [0.15, 0.2) is 0 Å². The predicted molar refractivity (Wildman–Crippen MR) is 176 cm³/mol. The second-order valence-corrected chi connectivity index (χ2v) is 13.7. The monoisotopic (exact) mass is 653 g/mol. The summed E-state index contributed by atoms with van der Waals surface area (Å²) in [5.41, 5.74) is 0. The lowest BCUT2D eigenvalue weighted by Gasteiger charge is -2.39. The number of likely N-dealkylation sites (N-methyl/N-ethyl adjacent to an activating group) is 2. The third-order valence-corrected chi connectivity index (χ3v) is 10.1. The molecule has 264 valence electrons. The average Bonchev–Trinajstić information content (AvgIpc) is 3.69. The van der Waals surface area contributed by atoms with Crippen molar-refractivity contribution in [1.29, 1.82) is 0 Å². The van der Waals surface area contributed by atoms with Gasteiger partial charge in [0.2, 0.25) is 23.6 Å². The first-order valence-corrected chi connectivity index (χ1v) is 16.8. The summed E-state index contributed by atoms with van der Waals surface area (Å²) >= 11 is 0. The fraction of sp³-hybridized carbons (Fsp3) is 0.875. The van der Waals surface area contributed by atoms with E-state index in [2.05, 4.69) is 5.32 Å². The number of nitrogens with one attached hydrogen (secondary N) is 1. The lowest BCUT2D eigenvalue weighted by Crippen LogP contribution is -2.55. The number of hydrogen-bond acceptors (Lipinski definition) is 9. The highest BCUT2D eigenvalue weighted by molar-refractivity contribution is 6.43. The Bertz CT molecular complexity index is 1010. The zero-order chi connectivity index (χ0) is 34.9. The molecule has 2 rings (SSSR count). The topological polar surface area (TPSA) is 152 Å². The summed E-state index contributed by atoms with van der Waals surface area (Å²) in [6.07, 6.45) is 2.25. The normalized spacial score (nSPS) is 22.4. The van der Waals surface area contributed by atoms with Gasteiger partial charge in [0, 0.05) is 34.4 Å². The first-order valence-electron chi connectivity index (χ1n) is 16.8. The van der Waals surface area contributed by atoms with E-state index in [-0.39, 0.29) is 60.5 Å². The second-order valence-electron chi connectivity index (χ2n) is 13.7. The van der Waals surface area contributed by atoms with Gasteiger partial charge in [-0.05, 0) is 51.6 Å². The van der Waals surface area contributed by atoms with Crippen LogP contribution in [-0.2, 0) is 28.7 Å². The van der Waals surface area contributed by atoms with Crippen molar-refractivity contribution in [3.63, 3.8) is 0 Å². The Morgan fingerprint density at radius 1 is 0.957 bits per heavy atom. The van der Waals surface area contributed by atoms with Gasteiger partial charge in [0.1, 0.15) is 0 Å². The zero-order valence-electron chi connectivity index (χ0n) is 29.8. The smallest absolute Gasteiger partial charge is 0.426 e. The first-order chi connectivity index (χ1) is 21.6. The molecule has 2 fully saturated rings. The van der Waals surface area contributed by atoms with Crippen molar-refractivity contribution < 1.29 is 38.7 Å². The highest BCUT2D eigenvalue weighted by atomic mass is 16.5. The molecule has 2 aliphatic rings. The Morgan fingerprint density at radius 3 is 2.09 bits per heavy atom. The molecule has 0 radical (unpaired) electrons. The van der Waals surface area contributed by atoms with Gasteiger partial charge in [-0.15, -0.1) is 0 Å². The summed E-state index contributed by atoms with van der Waals surface area (Å²) in [7, 11) is 6.83. The number of likely N-dealkylation sites (tertiary alicyclic amines) is 2. The standard InChI is InChI=1S/C32H60BN5O8/c1-11-21(4)29(36(8)27(40)19-34-31(41)28(20(2)3)35(6)7)24(45-9)18-26(39)37-16-12-14-23(37)30(46-10)22(5)32(42)38-17-13-15-25(38)33(43)44/h20-25,28-30,43-44H,11-19H2,1-10H3,(H,34,41)/t21-,22?,23?,24?,25?,28?,29?,30?/m0/s1. The molecule has 46 heavy (non-hydrogen) atoms. The molecule has 2 saturated heterocycles. The summed E-state index contributed by atoms with van der Waals surface area (Å²) in [5.74, 6) is -2.02. The maximum absolute atomic E-state index is 13.9. The molecule has 14 heteroatoms. The largest absolute Gasteiger partial charge is 0.475 e. The minimum Gasteiger partial charge on any atom is -0.426 e. The molecule has 0 bridgehead atoms. The predicted octanol–water partition coefficient (Wildman–Crippen LogP) is 0.612. The third-order valence-electron chi connectivity index (χ3n) is 10.1. The van der Waals surface area contributed by atoms with Crippen LogP contribution >= 0.6 is 0 Å². The molecular formula is C32H60BN5O8. The minimum atomic E-state index is -1.61. The van der Waals surface area contributed by atoms with Gasteiger partial charge in [-0.1, -0.05) is 41.0 Å². The van der Waals surface area contributed by atoms with Gasteiger partial charge in [-0.2, -0.15) is 0 Å². The Hall–Kier alpha value is -2.26. The zero-order valence-corrected chi connectivity index (χ0v) is 29.8. The van der Waals surface area contributed by atoms with Gasteiger partial charge in [0.25, 0.3) is 0 Å². The van der Waals surface area contributed by atoms with E-state index in [4.69, 9.17) is 9.47 Å². The van der Waals surface area contributed by atoms with Crippen molar-refractivity contribution >= 4 is 30.7 Å². The van der Waals surface area contributed by atoms with E-state index in [0.29, 0.717) is 32.4 Å². The number of ether oxygens (including phenoxy) is 2. The molecule has 8 atom stereocenters. The van der Waals surface area contributed by atoms with E-state index in [0.717, 1.165) is 12.8 Å². The molecule has 7 unspecified atom stereocenters. The number of methoxy groups -OCH3 is 2. The molecule has 0 aromatic carbocycles. The number of hydrogen-bond donors (Lipinski definition) is 3. The van der Waals surface area contributed by atoms with E-state index in [1.165, 1.54) is 12.0 Å². The molecule has 0 aromatic heterocycles. The lowest BCUT2D eigenvalue weighted by atomic mass is 9.77. The van der Waals surface area contributed by atoms with Crippen molar-refractivity contribution in [2.75, 3.05) is 55.0 Å². The molecule has 2 heterocycles. The number of nitrogens with zero attached hydrogens (tertiary/aromatic N) is 4. The van der Waals surface area contributed by atoms with Crippen molar-refractivity contribution in [2.24, 2.45) is 17.8 Å². The van der Waals surface area contributed by atoms with Crippen molar-refractivity contribution in [2.45, 2.75) is 109 Å². The molecule has 0 aromatic rings. The first kappa shape index (κ1) is 39.9. The highest BCUT2D eigenvalue weighted by Crippen LogP contribution is 2.31. The summed E-state index contributed by atoms with van der Waals surface area (Å²) < 4.78 is 11.8. The number of rotatable bonds is 17. The second kappa shape index (κ2) is 18.3. The van der Waals surface area contributed by atoms with E-state index in [9.17, 15) is 29.2 Å². The van der Waals surface area contributed by atoms with Crippen LogP contribution in [0.25, 0.3) is 0 Å². The van der Waals surface area contributed by atoms with E-state index < -0.39 is 37.2 Å². The summed E-state index contributed by atoms with van der Waals surface area (Å²) in [6.45, 7) is 10.5. The summed E-state index contributed by atoms with van der Waals surface area (Å²) in [5, 5.41) is 22.4. The van der Waals surface area contributed by atoms with E-state index in [1.54, 1.807) is 30.9 Å². The maximum atomic E-state index is 13.9. The van der Waals surface area contributed by atoms with E-state index in [1.807, 2.05) is 46.7 Å². The van der Waals surface area contributed by atoms with Crippen LogP contribution in [0.5, 0.6) is 0 Å². The molecule has 0 saturated carbocycles. The van der Waals surface area contributed by atoms with Crippen LogP contribution in [0.4, 0.5) is 0 Å². The number of amides is 4.